The molecule has 6 heteroatoms. The van der Waals surface area contributed by atoms with E-state index in [0.717, 1.165) is 41.3 Å². The second kappa shape index (κ2) is 5.96. The zero-order valence-corrected chi connectivity index (χ0v) is 14.9. The fourth-order valence-corrected chi connectivity index (χ4v) is 3.27. The molecule has 2 heterocycles. The number of rotatable bonds is 4. The highest BCUT2D eigenvalue weighted by Gasteiger charge is 2.19. The van der Waals surface area contributed by atoms with Crippen LogP contribution in [-0.2, 0) is 13.0 Å². The number of hydrogen-bond acceptors (Lipinski definition) is 2. The predicted octanol–water partition coefficient (Wildman–Crippen LogP) is 3.94. The lowest BCUT2D eigenvalue weighted by molar-refractivity contribution is 0.659. The summed E-state index contributed by atoms with van der Waals surface area (Å²) >= 11 is 8.29. The largest absolute Gasteiger partial charge is 0.281 e. The van der Waals surface area contributed by atoms with Crippen molar-refractivity contribution in [2.24, 2.45) is 0 Å². The Balaban J connectivity index is 2.34. The monoisotopic (exact) mass is 414 g/mol. The van der Waals surface area contributed by atoms with Gasteiger partial charge in [0.05, 0.1) is 5.69 Å². The molecule has 2 aromatic heterocycles. The minimum atomic E-state index is 0.558. The van der Waals surface area contributed by atoms with Crippen molar-refractivity contribution in [1.29, 1.82) is 0 Å². The van der Waals surface area contributed by atoms with Gasteiger partial charge < -0.3 is 0 Å². The van der Waals surface area contributed by atoms with Crippen LogP contribution in [0.25, 0.3) is 16.9 Å². The molecule has 0 atom stereocenters. The van der Waals surface area contributed by atoms with Gasteiger partial charge in [-0.1, -0.05) is 6.07 Å². The molecule has 0 aliphatic heterocycles. The van der Waals surface area contributed by atoms with Crippen molar-refractivity contribution in [3.05, 3.63) is 39.4 Å². The molecule has 0 saturated heterocycles. The number of benzene rings is 1. The van der Waals surface area contributed by atoms with E-state index in [1.165, 1.54) is 3.57 Å². The Hall–Kier alpha value is -1.08. The Morgan fingerprint density at radius 2 is 2.14 bits per heavy atom. The van der Waals surface area contributed by atoms with E-state index in [9.17, 15) is 0 Å². The fraction of sp³-hybridized carbons (Fsp3) is 0.333. The van der Waals surface area contributed by atoms with Crippen LogP contribution in [0.1, 0.15) is 18.4 Å². The third-order valence-electron chi connectivity index (χ3n) is 3.46. The molecule has 3 aromatic rings. The van der Waals surface area contributed by atoms with Crippen LogP contribution in [0.4, 0.5) is 0 Å². The summed E-state index contributed by atoms with van der Waals surface area (Å²) in [6, 6.07) is 8.40. The lowest BCUT2D eigenvalue weighted by atomic mass is 10.3. The van der Waals surface area contributed by atoms with Gasteiger partial charge in [0.15, 0.2) is 5.65 Å². The van der Waals surface area contributed by atoms with Crippen molar-refractivity contribution >= 4 is 45.4 Å². The van der Waals surface area contributed by atoms with Crippen LogP contribution >= 0.6 is 34.2 Å². The topological polar surface area (TPSA) is 35.6 Å². The number of fused-ring (bicyclic) bond motifs is 1. The van der Waals surface area contributed by atoms with E-state index in [4.69, 9.17) is 16.6 Å². The summed E-state index contributed by atoms with van der Waals surface area (Å²) in [5.74, 6) is 1.55. The summed E-state index contributed by atoms with van der Waals surface area (Å²) in [7, 11) is 0. The van der Waals surface area contributed by atoms with Gasteiger partial charge in [-0.15, -0.1) is 11.6 Å². The smallest absolute Gasteiger partial charge is 0.163 e. The van der Waals surface area contributed by atoms with E-state index < -0.39 is 0 Å². The number of nitrogens with zero attached hydrogens (tertiary/aromatic N) is 4. The molecule has 0 unspecified atom stereocenters. The summed E-state index contributed by atoms with van der Waals surface area (Å²) in [5.41, 5.74) is 4.10. The highest BCUT2D eigenvalue weighted by atomic mass is 127. The molecule has 21 heavy (non-hydrogen) atoms. The van der Waals surface area contributed by atoms with E-state index in [2.05, 4.69) is 63.4 Å². The second-order valence-electron chi connectivity index (χ2n) is 4.86. The summed E-state index contributed by atoms with van der Waals surface area (Å²) in [6.07, 6.45) is 0.741. The predicted molar refractivity (Wildman–Crippen MR) is 94.4 cm³/mol. The minimum absolute atomic E-state index is 0.558. The molecule has 0 amide bonds. The normalized spacial score (nSPS) is 11.4. The van der Waals surface area contributed by atoms with Gasteiger partial charge in [0, 0.05) is 28.1 Å². The molecule has 0 fully saturated rings. The number of imidazole rings is 1. The number of halogens is 2. The first-order valence-corrected chi connectivity index (χ1v) is 8.53. The van der Waals surface area contributed by atoms with Gasteiger partial charge in [0.2, 0.25) is 0 Å². The maximum absolute atomic E-state index is 5.96. The van der Waals surface area contributed by atoms with Crippen LogP contribution in [-0.4, -0.2) is 25.2 Å². The van der Waals surface area contributed by atoms with Gasteiger partial charge in [-0.05, 0) is 54.6 Å². The minimum Gasteiger partial charge on any atom is -0.281 e. The first kappa shape index (κ1) is 14.8. The van der Waals surface area contributed by atoms with Gasteiger partial charge in [-0.25, -0.2) is 9.67 Å². The lowest BCUT2D eigenvalue weighted by Crippen LogP contribution is -2.07. The van der Waals surface area contributed by atoms with Crippen LogP contribution in [0, 0.1) is 10.5 Å². The molecule has 0 aliphatic rings. The van der Waals surface area contributed by atoms with Gasteiger partial charge in [0.25, 0.3) is 0 Å². The Morgan fingerprint density at radius 3 is 2.81 bits per heavy atom. The van der Waals surface area contributed by atoms with E-state index >= 15 is 0 Å². The summed E-state index contributed by atoms with van der Waals surface area (Å²) in [4.78, 5) is 4.77. The summed E-state index contributed by atoms with van der Waals surface area (Å²) in [5, 5.41) is 4.58. The number of alkyl halides is 1. The third-order valence-corrected chi connectivity index (χ3v) is 4.32. The number of aromatic nitrogens is 4. The Morgan fingerprint density at radius 1 is 1.33 bits per heavy atom. The van der Waals surface area contributed by atoms with Crippen LogP contribution < -0.4 is 0 Å². The Kier molecular flexibility index (Phi) is 4.21. The molecule has 110 valence electrons. The summed E-state index contributed by atoms with van der Waals surface area (Å²) in [6.45, 7) is 4.92. The lowest BCUT2D eigenvalue weighted by Gasteiger charge is -2.10. The average molecular weight is 415 g/mol. The standard InChI is InChI=1S/C15H16ClIN4/c1-3-20-15-14(10(2)19-20)18-13(7-8-16)21(15)12-6-4-5-11(17)9-12/h4-6,9H,3,7-8H2,1-2H3. The molecular weight excluding hydrogens is 399 g/mol. The van der Waals surface area contributed by atoms with Gasteiger partial charge in [0.1, 0.15) is 11.3 Å². The van der Waals surface area contributed by atoms with Gasteiger partial charge in [-0.3, -0.25) is 4.57 Å². The second-order valence-corrected chi connectivity index (χ2v) is 6.48. The SMILES string of the molecule is CCn1nc(C)c2nc(CCCl)n(-c3cccc(I)c3)c21. The number of aryl methyl sites for hydroxylation is 3. The van der Waals surface area contributed by atoms with Gasteiger partial charge >= 0.3 is 0 Å². The Bertz CT molecular complexity index is 790. The molecular formula is C15H16ClIN4. The molecule has 0 bridgehead atoms. The van der Waals surface area contributed by atoms with E-state index in [0.29, 0.717) is 5.88 Å². The van der Waals surface area contributed by atoms with Crippen molar-refractivity contribution in [2.75, 3.05) is 5.88 Å². The first-order valence-electron chi connectivity index (χ1n) is 6.92. The van der Waals surface area contributed by atoms with Crippen molar-refractivity contribution in [1.82, 2.24) is 19.3 Å². The van der Waals surface area contributed by atoms with Gasteiger partial charge in [-0.2, -0.15) is 5.10 Å². The van der Waals surface area contributed by atoms with Crippen molar-refractivity contribution in [3.8, 4) is 5.69 Å². The molecule has 0 N–H and O–H groups in total. The molecule has 0 aliphatic carbocycles. The zero-order valence-electron chi connectivity index (χ0n) is 12.0. The van der Waals surface area contributed by atoms with E-state index in [1.807, 2.05) is 11.6 Å². The highest BCUT2D eigenvalue weighted by Crippen LogP contribution is 2.25. The van der Waals surface area contributed by atoms with Crippen LogP contribution in [0.3, 0.4) is 0 Å². The first-order chi connectivity index (χ1) is 10.2. The van der Waals surface area contributed by atoms with Crippen molar-refractivity contribution in [2.45, 2.75) is 26.8 Å². The van der Waals surface area contributed by atoms with Crippen molar-refractivity contribution < 1.29 is 0 Å². The van der Waals surface area contributed by atoms with Crippen LogP contribution in [0.5, 0.6) is 0 Å². The third kappa shape index (κ3) is 2.57. The molecule has 1 aromatic carbocycles. The van der Waals surface area contributed by atoms with E-state index in [-0.39, 0.29) is 0 Å². The molecule has 0 saturated carbocycles. The molecule has 4 nitrogen and oxygen atoms in total. The fourth-order valence-electron chi connectivity index (χ4n) is 2.57. The maximum Gasteiger partial charge on any atom is 0.163 e. The molecule has 3 rings (SSSR count). The highest BCUT2D eigenvalue weighted by molar-refractivity contribution is 14.1. The molecule has 0 radical (unpaired) electrons. The zero-order chi connectivity index (χ0) is 15.0. The summed E-state index contributed by atoms with van der Waals surface area (Å²) < 4.78 is 5.39. The Labute approximate surface area is 142 Å². The molecule has 0 spiro atoms. The quantitative estimate of drug-likeness (QED) is 0.479. The van der Waals surface area contributed by atoms with Crippen LogP contribution in [0.15, 0.2) is 24.3 Å². The maximum atomic E-state index is 5.96. The average Bonchev–Trinajstić information content (AvgIpc) is 2.97. The number of hydrogen-bond donors (Lipinski definition) is 0. The van der Waals surface area contributed by atoms with Crippen molar-refractivity contribution in [3.63, 3.8) is 0 Å². The van der Waals surface area contributed by atoms with E-state index in [1.54, 1.807) is 0 Å². The van der Waals surface area contributed by atoms with Crippen LogP contribution in [0.2, 0.25) is 0 Å².